The van der Waals surface area contributed by atoms with Gasteiger partial charge in [-0.3, -0.25) is 9.52 Å². The summed E-state index contributed by atoms with van der Waals surface area (Å²) in [5.74, 6) is -2.96. The van der Waals surface area contributed by atoms with Gasteiger partial charge >= 0.3 is 5.97 Å². The Bertz CT molecular complexity index is 1310. The van der Waals surface area contributed by atoms with Crippen LogP contribution in [-0.4, -0.2) is 34.6 Å². The quantitative estimate of drug-likeness (QED) is 0.384. The van der Waals surface area contributed by atoms with Crippen LogP contribution in [0.2, 0.25) is 8.67 Å². The zero-order valence-electron chi connectivity index (χ0n) is 13.7. The molecule has 0 aliphatic heterocycles. The molecular formula is C15H8BrCl2N3O6S2. The SMILES string of the molecule is O=C(O)c1nc(-c2ccccc2NS(=O)(=O)c2c(Cl)sc(Cl)c2Br)[nH]c(=O)c1O. The summed E-state index contributed by atoms with van der Waals surface area (Å²) in [6, 6.07) is 5.80. The third kappa shape index (κ3) is 4.12. The molecule has 0 bridgehead atoms. The number of aromatic hydroxyl groups is 1. The Labute approximate surface area is 185 Å². The maximum atomic E-state index is 12.8. The zero-order chi connectivity index (χ0) is 21.5. The molecule has 0 aliphatic carbocycles. The van der Waals surface area contributed by atoms with Crippen molar-refractivity contribution in [2.24, 2.45) is 0 Å². The highest BCUT2D eigenvalue weighted by molar-refractivity contribution is 9.10. The molecule has 0 fully saturated rings. The molecule has 9 nitrogen and oxygen atoms in total. The normalized spacial score (nSPS) is 11.4. The van der Waals surface area contributed by atoms with Gasteiger partial charge in [0.05, 0.1) is 10.2 Å². The monoisotopic (exact) mass is 539 g/mol. The van der Waals surface area contributed by atoms with Crippen LogP contribution in [0.1, 0.15) is 10.5 Å². The Balaban J connectivity index is 2.14. The molecule has 4 N–H and O–H groups in total. The molecule has 0 saturated carbocycles. The molecule has 152 valence electrons. The number of carboxylic acid groups (broad SMARTS) is 1. The Morgan fingerprint density at radius 1 is 1.24 bits per heavy atom. The topological polar surface area (TPSA) is 149 Å². The second-order valence-corrected chi connectivity index (χ2v) is 10.00. The minimum atomic E-state index is -4.22. The van der Waals surface area contributed by atoms with Gasteiger partial charge in [0.25, 0.3) is 15.6 Å². The highest BCUT2D eigenvalue weighted by atomic mass is 79.9. The molecule has 0 amide bonds. The fourth-order valence-corrected chi connectivity index (χ4v) is 6.93. The van der Waals surface area contributed by atoms with Gasteiger partial charge in [-0.15, -0.1) is 11.3 Å². The number of hydrogen-bond donors (Lipinski definition) is 4. The Morgan fingerprint density at radius 2 is 1.90 bits per heavy atom. The number of thiophene rings is 1. The fourth-order valence-electron chi connectivity index (χ4n) is 2.29. The van der Waals surface area contributed by atoms with Crippen molar-refractivity contribution in [3.63, 3.8) is 0 Å². The van der Waals surface area contributed by atoms with Crippen molar-refractivity contribution in [1.29, 1.82) is 0 Å². The molecular weight excluding hydrogens is 533 g/mol. The number of rotatable bonds is 5. The molecule has 0 radical (unpaired) electrons. The zero-order valence-corrected chi connectivity index (χ0v) is 18.5. The predicted molar refractivity (Wildman–Crippen MR) is 112 cm³/mol. The number of carboxylic acids is 1. The number of para-hydroxylation sites is 1. The Hall–Kier alpha value is -2.12. The number of benzene rings is 1. The van der Waals surface area contributed by atoms with Crippen molar-refractivity contribution in [3.05, 3.63) is 53.5 Å². The number of sulfonamides is 1. The van der Waals surface area contributed by atoms with Crippen molar-refractivity contribution >= 4 is 72.1 Å². The number of aromatic carboxylic acids is 1. The molecule has 2 heterocycles. The lowest BCUT2D eigenvalue weighted by Gasteiger charge is -2.12. The average Bonchev–Trinajstić information content (AvgIpc) is 2.89. The van der Waals surface area contributed by atoms with Crippen molar-refractivity contribution in [3.8, 4) is 17.1 Å². The van der Waals surface area contributed by atoms with Crippen LogP contribution in [0.4, 0.5) is 5.69 Å². The summed E-state index contributed by atoms with van der Waals surface area (Å²) in [5.41, 5.74) is -1.94. The van der Waals surface area contributed by atoms with E-state index >= 15 is 0 Å². The van der Waals surface area contributed by atoms with Gasteiger partial charge in [0, 0.05) is 5.56 Å². The Morgan fingerprint density at radius 3 is 2.48 bits per heavy atom. The minimum absolute atomic E-state index is 0.0250. The van der Waals surface area contributed by atoms with Gasteiger partial charge in [0.15, 0.2) is 5.69 Å². The van der Waals surface area contributed by atoms with E-state index in [1.807, 2.05) is 0 Å². The molecule has 29 heavy (non-hydrogen) atoms. The van der Waals surface area contributed by atoms with Crippen LogP contribution in [0.5, 0.6) is 5.75 Å². The summed E-state index contributed by atoms with van der Waals surface area (Å²) in [5, 5.41) is 18.7. The smallest absolute Gasteiger partial charge is 0.358 e. The summed E-state index contributed by atoms with van der Waals surface area (Å²) in [6.45, 7) is 0. The first-order valence-corrected chi connectivity index (χ1v) is 11.2. The molecule has 0 aliphatic rings. The van der Waals surface area contributed by atoms with E-state index in [2.05, 4.69) is 30.6 Å². The average molecular weight is 541 g/mol. The van der Waals surface area contributed by atoms with Crippen LogP contribution >= 0.6 is 50.5 Å². The summed E-state index contributed by atoms with van der Waals surface area (Å²) >= 11 is 15.8. The van der Waals surface area contributed by atoms with E-state index in [1.165, 1.54) is 24.3 Å². The summed E-state index contributed by atoms with van der Waals surface area (Å²) < 4.78 is 28.1. The number of H-pyrrole nitrogens is 1. The largest absolute Gasteiger partial charge is 0.501 e. The van der Waals surface area contributed by atoms with E-state index in [9.17, 15) is 23.1 Å². The molecule has 0 spiro atoms. The number of aromatic amines is 1. The number of halogens is 3. The van der Waals surface area contributed by atoms with Crippen LogP contribution in [-0.2, 0) is 10.0 Å². The standard InChI is InChI=1S/C15H8BrCl2N3O6S2/c16-7-10(12(18)28-11(7)17)29(26,27)21-6-4-2-1-3-5(6)13-19-8(15(24)25)9(22)14(23)20-13/h1-4,21-22H,(H,24,25)(H,19,20,23). The highest BCUT2D eigenvalue weighted by Gasteiger charge is 2.27. The lowest BCUT2D eigenvalue weighted by Crippen LogP contribution is -2.17. The van der Waals surface area contributed by atoms with Gasteiger partial charge < -0.3 is 15.2 Å². The maximum absolute atomic E-state index is 12.8. The van der Waals surface area contributed by atoms with Crippen LogP contribution in [0.25, 0.3) is 11.4 Å². The maximum Gasteiger partial charge on any atom is 0.358 e. The van der Waals surface area contributed by atoms with E-state index in [0.717, 1.165) is 11.3 Å². The summed E-state index contributed by atoms with van der Waals surface area (Å²) in [7, 11) is -4.22. The predicted octanol–water partition coefficient (Wildman–Crippen LogP) is 3.77. The van der Waals surface area contributed by atoms with Crippen LogP contribution in [0.15, 0.2) is 38.4 Å². The van der Waals surface area contributed by atoms with Gasteiger partial charge in [-0.1, -0.05) is 35.3 Å². The van der Waals surface area contributed by atoms with E-state index in [-0.39, 0.29) is 35.1 Å². The second kappa shape index (κ2) is 7.95. The molecule has 2 aromatic heterocycles. The summed E-state index contributed by atoms with van der Waals surface area (Å²) in [6.07, 6.45) is 0. The lowest BCUT2D eigenvalue weighted by molar-refractivity contribution is 0.0686. The minimum Gasteiger partial charge on any atom is -0.501 e. The van der Waals surface area contributed by atoms with E-state index < -0.39 is 33.0 Å². The number of hydrogen-bond acceptors (Lipinski definition) is 7. The van der Waals surface area contributed by atoms with E-state index in [1.54, 1.807) is 0 Å². The number of nitrogens with zero attached hydrogens (tertiary/aromatic N) is 1. The molecule has 0 unspecified atom stereocenters. The molecule has 3 aromatic rings. The third-order valence-electron chi connectivity index (χ3n) is 3.52. The van der Waals surface area contributed by atoms with Gasteiger partial charge in [-0.25, -0.2) is 18.2 Å². The molecule has 1 aromatic carbocycles. The number of carbonyl (C=O) groups is 1. The van der Waals surface area contributed by atoms with Crippen molar-refractivity contribution < 1.29 is 23.4 Å². The summed E-state index contributed by atoms with van der Waals surface area (Å²) in [4.78, 5) is 28.7. The fraction of sp³-hybridized carbons (Fsp3) is 0. The molecule has 14 heteroatoms. The van der Waals surface area contributed by atoms with E-state index in [0.29, 0.717) is 0 Å². The van der Waals surface area contributed by atoms with Crippen molar-refractivity contribution in [2.45, 2.75) is 4.90 Å². The van der Waals surface area contributed by atoms with E-state index in [4.69, 9.17) is 28.3 Å². The van der Waals surface area contributed by atoms with Gasteiger partial charge in [-0.2, -0.15) is 0 Å². The Kier molecular flexibility index (Phi) is 5.92. The second-order valence-electron chi connectivity index (χ2n) is 5.36. The van der Waals surface area contributed by atoms with Gasteiger partial charge in [-0.05, 0) is 28.1 Å². The first kappa shape index (κ1) is 21.6. The third-order valence-corrected chi connectivity index (χ3v) is 8.35. The first-order chi connectivity index (χ1) is 13.5. The number of nitrogens with one attached hydrogen (secondary N) is 2. The molecule has 0 saturated heterocycles. The number of aromatic nitrogens is 2. The lowest BCUT2D eigenvalue weighted by atomic mass is 10.1. The molecule has 3 rings (SSSR count). The van der Waals surface area contributed by atoms with Crippen molar-refractivity contribution in [2.75, 3.05) is 4.72 Å². The highest BCUT2D eigenvalue weighted by Crippen LogP contribution is 2.43. The first-order valence-electron chi connectivity index (χ1n) is 7.35. The number of anilines is 1. The van der Waals surface area contributed by atoms with Crippen LogP contribution < -0.4 is 10.3 Å². The van der Waals surface area contributed by atoms with Crippen molar-refractivity contribution in [1.82, 2.24) is 9.97 Å². The molecule has 0 atom stereocenters. The van der Waals surface area contributed by atoms with Crippen LogP contribution in [0, 0.1) is 0 Å². The van der Waals surface area contributed by atoms with Gasteiger partial charge in [0.1, 0.15) is 19.4 Å². The van der Waals surface area contributed by atoms with Crippen LogP contribution in [0.3, 0.4) is 0 Å². The van der Waals surface area contributed by atoms with Gasteiger partial charge in [0.2, 0.25) is 5.75 Å².